The third-order valence-electron chi connectivity index (χ3n) is 6.60. The lowest BCUT2D eigenvalue weighted by atomic mass is 10.0. The predicted molar refractivity (Wildman–Crippen MR) is 141 cm³/mol. The van der Waals surface area contributed by atoms with E-state index in [0.29, 0.717) is 57.9 Å². The molecular weight excluding hydrogens is 498 g/mol. The van der Waals surface area contributed by atoms with Crippen LogP contribution in [0.15, 0.2) is 35.5 Å². The lowest BCUT2D eigenvalue weighted by Gasteiger charge is -2.23. The van der Waals surface area contributed by atoms with Gasteiger partial charge in [-0.1, -0.05) is 0 Å². The molecule has 4 heterocycles. The fourth-order valence-electron chi connectivity index (χ4n) is 4.75. The molecule has 0 atom stereocenters. The SMILES string of the molecule is CNc1cc(F)c(F)c2c1[nH]c1ncc(-c3cnc4c(c3)c(=O)c(C(=O)O)cn4C)c(N(C)CCOC)c12. The lowest BCUT2D eigenvalue weighted by Crippen LogP contribution is -2.23. The molecule has 0 bridgehead atoms. The number of pyridine rings is 3. The summed E-state index contributed by atoms with van der Waals surface area (Å²) in [6.45, 7) is 0.746. The zero-order chi connectivity index (χ0) is 27.3. The molecule has 0 aliphatic carbocycles. The summed E-state index contributed by atoms with van der Waals surface area (Å²) in [6, 6.07) is 2.61. The fourth-order valence-corrected chi connectivity index (χ4v) is 4.75. The first-order valence-electron chi connectivity index (χ1n) is 11.6. The van der Waals surface area contributed by atoms with Gasteiger partial charge in [0.2, 0.25) is 5.43 Å². The Bertz CT molecular complexity index is 1810. The average molecular weight is 523 g/mol. The summed E-state index contributed by atoms with van der Waals surface area (Å²) in [5.41, 5.74) is 1.73. The molecule has 4 aromatic heterocycles. The number of ether oxygens (including phenoxy) is 1. The number of carboxylic acids is 1. The van der Waals surface area contributed by atoms with Gasteiger partial charge in [0.25, 0.3) is 0 Å². The van der Waals surface area contributed by atoms with Crippen LogP contribution in [0, 0.1) is 11.6 Å². The molecule has 0 fully saturated rings. The van der Waals surface area contributed by atoms with E-state index in [0.717, 1.165) is 6.07 Å². The number of likely N-dealkylation sites (N-methyl/N-ethyl adjacent to an activating group) is 1. The number of anilines is 2. The van der Waals surface area contributed by atoms with Crippen LogP contribution in [0.1, 0.15) is 10.4 Å². The van der Waals surface area contributed by atoms with Crippen LogP contribution in [-0.2, 0) is 11.8 Å². The maximum absolute atomic E-state index is 15.3. The highest BCUT2D eigenvalue weighted by molar-refractivity contribution is 6.18. The first kappa shape index (κ1) is 25.1. The monoisotopic (exact) mass is 522 g/mol. The number of aromatic nitrogens is 4. The number of rotatable bonds is 7. The number of H-pyrrole nitrogens is 1. The van der Waals surface area contributed by atoms with Crippen LogP contribution in [0.25, 0.3) is 44.1 Å². The Morgan fingerprint density at radius 2 is 2.00 bits per heavy atom. The quantitative estimate of drug-likeness (QED) is 0.295. The Morgan fingerprint density at radius 3 is 2.68 bits per heavy atom. The van der Waals surface area contributed by atoms with Gasteiger partial charge in [-0.05, 0) is 6.07 Å². The van der Waals surface area contributed by atoms with Crippen molar-refractivity contribution in [3.8, 4) is 11.1 Å². The molecule has 0 unspecified atom stereocenters. The summed E-state index contributed by atoms with van der Waals surface area (Å²) in [7, 11) is 6.54. The molecule has 0 saturated heterocycles. The highest BCUT2D eigenvalue weighted by Crippen LogP contribution is 2.42. The molecule has 0 aliphatic rings. The van der Waals surface area contributed by atoms with E-state index in [1.165, 1.54) is 17.0 Å². The van der Waals surface area contributed by atoms with E-state index >= 15 is 4.39 Å². The van der Waals surface area contributed by atoms with Gasteiger partial charge in [-0.2, -0.15) is 0 Å². The number of aromatic amines is 1. The third-order valence-corrected chi connectivity index (χ3v) is 6.60. The Kier molecular flexibility index (Phi) is 6.19. The van der Waals surface area contributed by atoms with Gasteiger partial charge in [-0.25, -0.2) is 23.5 Å². The third kappa shape index (κ3) is 3.80. The normalized spacial score (nSPS) is 11.5. The molecule has 0 saturated carbocycles. The summed E-state index contributed by atoms with van der Waals surface area (Å²) >= 11 is 0. The number of hydrogen-bond donors (Lipinski definition) is 3. The molecule has 3 N–H and O–H groups in total. The van der Waals surface area contributed by atoms with Crippen LogP contribution in [0.2, 0.25) is 0 Å². The second kappa shape index (κ2) is 9.38. The minimum absolute atomic E-state index is 0.0239. The maximum Gasteiger partial charge on any atom is 0.341 e. The van der Waals surface area contributed by atoms with Crippen molar-refractivity contribution in [1.29, 1.82) is 0 Å². The van der Waals surface area contributed by atoms with E-state index in [2.05, 4.69) is 20.3 Å². The molecule has 5 rings (SSSR count). The average Bonchev–Trinajstić information content (AvgIpc) is 3.30. The van der Waals surface area contributed by atoms with Gasteiger partial charge < -0.3 is 29.6 Å². The van der Waals surface area contributed by atoms with Crippen LogP contribution >= 0.6 is 0 Å². The van der Waals surface area contributed by atoms with Crippen LogP contribution in [0.5, 0.6) is 0 Å². The van der Waals surface area contributed by atoms with Crippen molar-refractivity contribution in [1.82, 2.24) is 19.5 Å². The maximum atomic E-state index is 15.3. The zero-order valence-electron chi connectivity index (χ0n) is 21.0. The second-order valence-electron chi connectivity index (χ2n) is 8.89. The van der Waals surface area contributed by atoms with Crippen molar-refractivity contribution in [3.63, 3.8) is 0 Å². The zero-order valence-corrected chi connectivity index (χ0v) is 21.0. The highest BCUT2D eigenvalue weighted by atomic mass is 19.2. The van der Waals surface area contributed by atoms with E-state index in [-0.39, 0.29) is 10.8 Å². The smallest absolute Gasteiger partial charge is 0.341 e. The Morgan fingerprint density at radius 1 is 1.24 bits per heavy atom. The Hall–Kier alpha value is -4.58. The number of aromatic carboxylic acids is 1. The van der Waals surface area contributed by atoms with Crippen LogP contribution < -0.4 is 15.6 Å². The Balaban J connectivity index is 1.89. The predicted octanol–water partition coefficient (Wildman–Crippen LogP) is 3.73. The molecule has 196 valence electrons. The summed E-state index contributed by atoms with van der Waals surface area (Å²) in [4.78, 5) is 38.4. The number of hydrogen-bond acceptors (Lipinski definition) is 7. The van der Waals surface area contributed by atoms with Crippen molar-refractivity contribution in [2.75, 3.05) is 44.6 Å². The van der Waals surface area contributed by atoms with Crippen LogP contribution in [-0.4, -0.2) is 65.0 Å². The molecule has 1 aromatic carbocycles. The van der Waals surface area contributed by atoms with Crippen molar-refractivity contribution >= 4 is 50.3 Å². The van der Waals surface area contributed by atoms with Crippen LogP contribution in [0.3, 0.4) is 0 Å². The van der Waals surface area contributed by atoms with Gasteiger partial charge in [-0.15, -0.1) is 0 Å². The summed E-state index contributed by atoms with van der Waals surface area (Å²) in [5, 5.41) is 12.8. The number of methoxy groups -OCH3 is 1. The first-order valence-corrected chi connectivity index (χ1v) is 11.6. The van der Waals surface area contributed by atoms with Gasteiger partial charge in [0.1, 0.15) is 16.9 Å². The molecule has 5 aromatic rings. The molecule has 0 spiro atoms. The number of carboxylic acid groups (broad SMARTS) is 1. The molecule has 38 heavy (non-hydrogen) atoms. The largest absolute Gasteiger partial charge is 0.477 e. The summed E-state index contributed by atoms with van der Waals surface area (Å²) in [5.74, 6) is -3.39. The molecule has 0 radical (unpaired) electrons. The van der Waals surface area contributed by atoms with Gasteiger partial charge in [0, 0.05) is 70.6 Å². The number of fused-ring (bicyclic) bond motifs is 4. The first-order chi connectivity index (χ1) is 18.2. The molecule has 0 aliphatic heterocycles. The van der Waals surface area contributed by atoms with E-state index in [4.69, 9.17) is 4.74 Å². The summed E-state index contributed by atoms with van der Waals surface area (Å²) in [6.07, 6.45) is 4.31. The molecule has 10 nitrogen and oxygen atoms in total. The van der Waals surface area contributed by atoms with Crippen LogP contribution in [0.4, 0.5) is 20.2 Å². The van der Waals surface area contributed by atoms with Crippen molar-refractivity contribution in [2.24, 2.45) is 7.05 Å². The van der Waals surface area contributed by atoms with Crippen molar-refractivity contribution in [3.05, 3.63) is 58.1 Å². The van der Waals surface area contributed by atoms with E-state index in [1.54, 1.807) is 40.5 Å². The van der Waals surface area contributed by atoms with Gasteiger partial charge in [0.05, 0.1) is 39.7 Å². The standard InChI is InChI=1S/C26H24F2N6O4/c1-29-17-8-16(27)20(28)18-19-22(33(2)5-6-38-4)14(10-30-24(19)32-21(17)18)12-7-13-23(35)15(26(36)37)11-34(3)25(13)31-9-12/h7-11,29H,5-6H2,1-4H3,(H,30,32)(H,36,37). The number of nitrogens with one attached hydrogen (secondary N) is 2. The van der Waals surface area contributed by atoms with Gasteiger partial charge in [-0.3, -0.25) is 4.79 Å². The lowest BCUT2D eigenvalue weighted by molar-refractivity contribution is 0.0695. The summed E-state index contributed by atoms with van der Waals surface area (Å²) < 4.78 is 36.7. The van der Waals surface area contributed by atoms with E-state index < -0.39 is 28.6 Å². The van der Waals surface area contributed by atoms with Crippen molar-refractivity contribution < 1.29 is 23.4 Å². The van der Waals surface area contributed by atoms with Gasteiger partial charge in [0.15, 0.2) is 11.6 Å². The number of benzene rings is 1. The van der Waals surface area contributed by atoms with Gasteiger partial charge >= 0.3 is 5.97 Å². The molecular formula is C26H24F2N6O4. The Labute approximate surface area is 214 Å². The number of carbonyl (C=O) groups is 1. The molecule has 12 heteroatoms. The van der Waals surface area contributed by atoms with E-state index in [9.17, 15) is 19.1 Å². The van der Waals surface area contributed by atoms with E-state index in [1.807, 2.05) is 4.90 Å². The minimum Gasteiger partial charge on any atom is -0.477 e. The number of nitrogens with zero attached hydrogens (tertiary/aromatic N) is 4. The molecule has 0 amide bonds. The fraction of sp³-hybridized carbons (Fsp3) is 0.231. The van der Waals surface area contributed by atoms with Crippen molar-refractivity contribution in [2.45, 2.75) is 0 Å². The topological polar surface area (TPSA) is 125 Å². The second-order valence-corrected chi connectivity index (χ2v) is 8.89. The number of aryl methyl sites for hydroxylation is 1. The highest BCUT2D eigenvalue weighted by Gasteiger charge is 2.24. The number of halogens is 2. The minimum atomic E-state index is -1.35.